The van der Waals surface area contributed by atoms with Gasteiger partial charge in [0.15, 0.2) is 12.2 Å². The van der Waals surface area contributed by atoms with E-state index in [1.54, 1.807) is 0 Å². The smallest absolute Gasteiger partial charge is 0.394 e. The monoisotopic (exact) mass is 437 g/mol. The highest BCUT2D eigenvalue weighted by Crippen LogP contribution is 2.27. The van der Waals surface area contributed by atoms with E-state index in [1.165, 1.54) is 0 Å². The first kappa shape index (κ1) is 26.6. The maximum absolute atomic E-state index is 11.5. The summed E-state index contributed by atoms with van der Waals surface area (Å²) in [5.74, 6) is -3.78. The summed E-state index contributed by atoms with van der Waals surface area (Å²) in [6.07, 6.45) is -18.3. The van der Waals surface area contributed by atoms with Gasteiger partial charge in [0.1, 0.15) is 36.6 Å². The van der Waals surface area contributed by atoms with E-state index in [0.717, 1.165) is 0 Å². The van der Waals surface area contributed by atoms with Crippen molar-refractivity contribution >= 4 is 20.2 Å². The van der Waals surface area contributed by atoms with Gasteiger partial charge in [0.2, 0.25) is 0 Å². The fraction of sp³-hybridized carbons (Fsp3) is 0.833. The highest BCUT2D eigenvalue weighted by Gasteiger charge is 2.44. The van der Waals surface area contributed by atoms with Crippen molar-refractivity contribution in [2.75, 3.05) is 13.2 Å². The molecular weight excluding hydrogens is 415 g/mol. The number of aliphatic hydroxyl groups excluding tert-OH is 10. The molecule has 0 heterocycles. The summed E-state index contributed by atoms with van der Waals surface area (Å²) < 4.78 is 19.3. The predicted molar refractivity (Wildman–Crippen MR) is 82.0 cm³/mol. The van der Waals surface area contributed by atoms with Crippen LogP contribution < -0.4 is 0 Å². The summed E-state index contributed by atoms with van der Waals surface area (Å²) in [7, 11) is -3.73. The van der Waals surface area contributed by atoms with Crippen molar-refractivity contribution in [3.8, 4) is 0 Å². The molecule has 0 aliphatic carbocycles. The maximum Gasteiger partial charge on any atom is 0.811 e. The van der Waals surface area contributed by atoms with Gasteiger partial charge in [-0.05, 0) is 0 Å². The summed E-state index contributed by atoms with van der Waals surface area (Å²) in [6.45, 7) is -2.08. The number of carbonyl (C=O) groups excluding carboxylic acids is 2. The lowest BCUT2D eigenvalue weighted by atomic mass is 10.0. The molecule has 0 amide bonds. The minimum absolute atomic E-state index is 1.04. The third-order valence-electron chi connectivity index (χ3n) is 3.32. The Morgan fingerprint density at radius 2 is 0.929 bits per heavy atom. The van der Waals surface area contributed by atoms with E-state index in [2.05, 4.69) is 9.05 Å². The molecule has 28 heavy (non-hydrogen) atoms. The molecular formula is C12H22O15P+. The van der Waals surface area contributed by atoms with Crippen LogP contribution >= 0.6 is 8.25 Å². The Morgan fingerprint density at radius 1 is 0.643 bits per heavy atom. The summed E-state index contributed by atoms with van der Waals surface area (Å²) in [6, 6.07) is 0. The van der Waals surface area contributed by atoms with Crippen LogP contribution in [0.25, 0.3) is 0 Å². The molecule has 10 N–H and O–H groups in total. The van der Waals surface area contributed by atoms with Gasteiger partial charge in [0, 0.05) is 4.57 Å². The molecule has 0 aromatic carbocycles. The molecule has 15 nitrogen and oxygen atoms in total. The number of aliphatic hydroxyl groups is 10. The van der Waals surface area contributed by atoms with Crippen LogP contribution in [0.3, 0.4) is 0 Å². The first-order valence-electron chi connectivity index (χ1n) is 7.46. The molecule has 0 radical (unpaired) electrons. The Hall–Kier alpha value is -1.36. The third kappa shape index (κ3) is 7.57. The fourth-order valence-corrected chi connectivity index (χ4v) is 2.14. The Kier molecular flexibility index (Phi) is 11.7. The van der Waals surface area contributed by atoms with Crippen molar-refractivity contribution in [1.82, 2.24) is 0 Å². The van der Waals surface area contributed by atoms with Gasteiger partial charge in [-0.1, -0.05) is 0 Å². The second kappa shape index (κ2) is 12.3. The lowest BCUT2D eigenvalue weighted by Gasteiger charge is -2.23. The van der Waals surface area contributed by atoms with Gasteiger partial charge in [0.25, 0.3) is 0 Å². The van der Waals surface area contributed by atoms with E-state index in [0.29, 0.717) is 0 Å². The molecule has 0 rings (SSSR count). The van der Waals surface area contributed by atoms with E-state index in [-0.39, 0.29) is 0 Å². The summed E-state index contributed by atoms with van der Waals surface area (Å²) in [5.41, 5.74) is 0. The molecule has 164 valence electrons. The van der Waals surface area contributed by atoms with Gasteiger partial charge in [0.05, 0.1) is 13.2 Å². The maximum atomic E-state index is 11.5. The van der Waals surface area contributed by atoms with Gasteiger partial charge < -0.3 is 51.1 Å². The van der Waals surface area contributed by atoms with Crippen LogP contribution in [-0.2, 0) is 23.2 Å². The molecule has 0 aliphatic rings. The van der Waals surface area contributed by atoms with Crippen LogP contribution in [0.1, 0.15) is 0 Å². The average Bonchev–Trinajstić information content (AvgIpc) is 2.68. The van der Waals surface area contributed by atoms with Gasteiger partial charge in [-0.2, -0.15) is 9.05 Å². The molecule has 0 unspecified atom stereocenters. The van der Waals surface area contributed by atoms with E-state index in [1.807, 2.05) is 0 Å². The van der Waals surface area contributed by atoms with Gasteiger partial charge >= 0.3 is 20.2 Å². The Morgan fingerprint density at radius 3 is 1.18 bits per heavy atom. The van der Waals surface area contributed by atoms with Crippen molar-refractivity contribution in [3.63, 3.8) is 0 Å². The van der Waals surface area contributed by atoms with E-state index in [4.69, 9.17) is 20.4 Å². The highest BCUT2D eigenvalue weighted by atomic mass is 31.1. The number of rotatable bonds is 12. The first-order valence-corrected chi connectivity index (χ1v) is 8.55. The largest absolute Gasteiger partial charge is 0.811 e. The predicted octanol–water partition coefficient (Wildman–Crippen LogP) is -6.40. The zero-order chi connectivity index (χ0) is 22.2. The zero-order valence-corrected chi connectivity index (χ0v) is 14.9. The first-order chi connectivity index (χ1) is 12.9. The molecule has 0 spiro atoms. The normalized spacial score (nSPS) is 20.1. The van der Waals surface area contributed by atoms with Gasteiger partial charge in [-0.25, -0.2) is 9.59 Å². The standard InChI is InChI=1S/C12H22O15P/c13-1-3(15)5(17)7(19)9(21)11(23)26-28(25)27-12(24)10(22)8(20)6(18)4(16)2-14/h3-10,13-22H,1-2H2/q+1/t3-,4-,5-,6-,7+,8+,9-,10-/m1/s1. The lowest BCUT2D eigenvalue weighted by molar-refractivity contribution is -0.165. The molecule has 0 aliphatic heterocycles. The Balaban J connectivity index is 4.74. The van der Waals surface area contributed by atoms with Crippen LogP contribution in [-0.4, -0.2) is 125 Å². The van der Waals surface area contributed by atoms with Crippen molar-refractivity contribution in [1.29, 1.82) is 0 Å². The van der Waals surface area contributed by atoms with E-state index >= 15 is 0 Å². The van der Waals surface area contributed by atoms with Crippen LogP contribution in [0.4, 0.5) is 0 Å². The molecule has 8 atom stereocenters. The second-order valence-corrected chi connectivity index (χ2v) is 6.21. The number of hydrogen-bond acceptors (Lipinski definition) is 15. The minimum atomic E-state index is -3.73. The van der Waals surface area contributed by atoms with Gasteiger partial charge in [-0.3, -0.25) is 0 Å². The molecule has 16 heteroatoms. The molecule has 0 bridgehead atoms. The van der Waals surface area contributed by atoms with Crippen LogP contribution in [0.15, 0.2) is 0 Å². The van der Waals surface area contributed by atoms with Crippen molar-refractivity contribution in [2.45, 2.75) is 48.8 Å². The topological polar surface area (TPSA) is 272 Å². The Labute approximate surface area is 157 Å². The lowest BCUT2D eigenvalue weighted by Crippen LogP contribution is -2.49. The number of carbonyl (C=O) groups is 2. The highest BCUT2D eigenvalue weighted by molar-refractivity contribution is 7.34. The van der Waals surface area contributed by atoms with Crippen molar-refractivity contribution in [2.24, 2.45) is 0 Å². The molecule has 0 aromatic heterocycles. The summed E-state index contributed by atoms with van der Waals surface area (Å²) >= 11 is 0. The van der Waals surface area contributed by atoms with Crippen molar-refractivity contribution < 1.29 is 74.3 Å². The van der Waals surface area contributed by atoms with Crippen molar-refractivity contribution in [3.05, 3.63) is 0 Å². The van der Waals surface area contributed by atoms with Crippen LogP contribution in [0, 0.1) is 0 Å². The van der Waals surface area contributed by atoms with E-state index in [9.17, 15) is 44.8 Å². The summed E-state index contributed by atoms with van der Waals surface area (Å²) in [4.78, 5) is 22.9. The van der Waals surface area contributed by atoms with Gasteiger partial charge in [-0.15, -0.1) is 0 Å². The SMILES string of the molecule is O=C(O[P+](=O)OC(=O)[C@H](O)[C@@H](O)[C@H](O)[C@H](O)CO)[C@H](O)[C@@H](O)[C@H](O)[C@H](O)CO. The minimum Gasteiger partial charge on any atom is -0.394 e. The molecule has 0 aromatic rings. The van der Waals surface area contributed by atoms with Crippen LogP contribution in [0.5, 0.6) is 0 Å². The second-order valence-electron chi connectivity index (χ2n) is 5.40. The average molecular weight is 437 g/mol. The molecule has 0 saturated heterocycles. The number of hydrogen-bond donors (Lipinski definition) is 10. The molecule has 0 saturated carbocycles. The zero-order valence-electron chi connectivity index (χ0n) is 14.0. The Bertz CT molecular complexity index is 485. The molecule has 0 fully saturated rings. The van der Waals surface area contributed by atoms with Crippen LogP contribution in [0.2, 0.25) is 0 Å². The van der Waals surface area contributed by atoms with E-state index < -0.39 is 82.2 Å². The fourth-order valence-electron chi connectivity index (χ4n) is 1.60. The quantitative estimate of drug-likeness (QED) is 0.127. The summed E-state index contributed by atoms with van der Waals surface area (Å²) in [5, 5.41) is 91.7. The third-order valence-corrected chi connectivity index (χ3v) is 3.98.